The van der Waals surface area contributed by atoms with Gasteiger partial charge in [-0.1, -0.05) is 18.2 Å². The molecule has 3 heterocycles. The SMILES string of the molecule is CC(=O)O.O=C(NCCCn1ccnc1)c1cc2c(c(-c3cc4ccccc4s3)c1)CN=C2. The van der Waals surface area contributed by atoms with Gasteiger partial charge in [0, 0.05) is 53.8 Å². The molecule has 1 aliphatic rings. The van der Waals surface area contributed by atoms with Gasteiger partial charge in [-0.15, -0.1) is 11.3 Å². The first-order valence-electron chi connectivity index (χ1n) is 10.6. The average molecular weight is 461 g/mol. The van der Waals surface area contributed by atoms with Crippen molar-refractivity contribution in [2.45, 2.75) is 26.4 Å². The lowest BCUT2D eigenvalue weighted by Crippen LogP contribution is -2.25. The average Bonchev–Trinajstić information content (AvgIpc) is 3.55. The molecule has 2 N–H and O–H groups in total. The molecule has 0 aliphatic carbocycles. The summed E-state index contributed by atoms with van der Waals surface area (Å²) in [6.45, 7) is 3.22. The molecule has 2 aromatic carbocycles. The number of thiophene rings is 1. The van der Waals surface area contributed by atoms with E-state index in [0.717, 1.165) is 31.0 Å². The number of hydrogen-bond donors (Lipinski definition) is 2. The molecular weight excluding hydrogens is 436 g/mol. The second-order valence-electron chi connectivity index (χ2n) is 7.64. The lowest BCUT2D eigenvalue weighted by atomic mass is 9.97. The van der Waals surface area contributed by atoms with Gasteiger partial charge in [0.15, 0.2) is 0 Å². The molecule has 0 radical (unpaired) electrons. The van der Waals surface area contributed by atoms with Gasteiger partial charge in [0.25, 0.3) is 11.9 Å². The molecule has 0 fully saturated rings. The number of imidazole rings is 1. The van der Waals surface area contributed by atoms with Gasteiger partial charge in [0.2, 0.25) is 0 Å². The van der Waals surface area contributed by atoms with E-state index >= 15 is 0 Å². The van der Waals surface area contributed by atoms with E-state index in [1.165, 1.54) is 20.5 Å². The fourth-order valence-corrected chi connectivity index (χ4v) is 4.78. The zero-order valence-corrected chi connectivity index (χ0v) is 19.0. The van der Waals surface area contributed by atoms with Crippen molar-refractivity contribution in [3.8, 4) is 10.4 Å². The van der Waals surface area contributed by atoms with E-state index < -0.39 is 5.97 Å². The first-order valence-corrected chi connectivity index (χ1v) is 11.4. The van der Waals surface area contributed by atoms with E-state index in [1.54, 1.807) is 23.9 Å². The molecule has 8 heteroatoms. The Labute approximate surface area is 195 Å². The van der Waals surface area contributed by atoms with Crippen molar-refractivity contribution >= 4 is 39.5 Å². The number of nitrogens with one attached hydrogen (secondary N) is 1. The van der Waals surface area contributed by atoms with Crippen LogP contribution < -0.4 is 5.32 Å². The van der Waals surface area contributed by atoms with E-state index in [0.29, 0.717) is 18.7 Å². The van der Waals surface area contributed by atoms with Crippen molar-refractivity contribution < 1.29 is 14.7 Å². The van der Waals surface area contributed by atoms with Crippen molar-refractivity contribution in [3.63, 3.8) is 0 Å². The van der Waals surface area contributed by atoms with Crippen LogP contribution in [0.3, 0.4) is 0 Å². The van der Waals surface area contributed by atoms with Gasteiger partial charge in [-0.3, -0.25) is 14.6 Å². The number of carboxylic acid groups (broad SMARTS) is 1. The zero-order valence-electron chi connectivity index (χ0n) is 18.2. The number of aromatic nitrogens is 2. The van der Waals surface area contributed by atoms with E-state index in [9.17, 15) is 4.79 Å². The van der Waals surface area contributed by atoms with Crippen LogP contribution in [0, 0.1) is 0 Å². The Balaban J connectivity index is 0.000000601. The Hall–Kier alpha value is -3.78. The Morgan fingerprint density at radius 1 is 1.21 bits per heavy atom. The van der Waals surface area contributed by atoms with Crippen molar-refractivity contribution in [2.75, 3.05) is 6.54 Å². The lowest BCUT2D eigenvalue weighted by molar-refractivity contribution is -0.134. The van der Waals surface area contributed by atoms with Crippen LogP contribution in [0.25, 0.3) is 20.5 Å². The summed E-state index contributed by atoms with van der Waals surface area (Å²) in [5.41, 5.74) is 4.05. The summed E-state index contributed by atoms with van der Waals surface area (Å²) >= 11 is 1.76. The summed E-state index contributed by atoms with van der Waals surface area (Å²) in [5.74, 6) is -0.874. The minimum Gasteiger partial charge on any atom is -0.481 e. The smallest absolute Gasteiger partial charge is 0.300 e. The Morgan fingerprint density at radius 3 is 2.79 bits per heavy atom. The highest BCUT2D eigenvalue weighted by Crippen LogP contribution is 2.38. The molecule has 5 rings (SSSR count). The second-order valence-corrected chi connectivity index (χ2v) is 8.72. The molecule has 0 atom stereocenters. The summed E-state index contributed by atoms with van der Waals surface area (Å²) < 4.78 is 3.27. The van der Waals surface area contributed by atoms with Gasteiger partial charge in [0.1, 0.15) is 0 Å². The second kappa shape index (κ2) is 10.2. The lowest BCUT2D eigenvalue weighted by Gasteiger charge is -2.11. The molecule has 0 unspecified atom stereocenters. The van der Waals surface area contributed by atoms with Crippen molar-refractivity contribution in [1.82, 2.24) is 14.9 Å². The number of hydrogen-bond acceptors (Lipinski definition) is 5. The molecule has 168 valence electrons. The minimum absolute atomic E-state index is 0.0407. The highest BCUT2D eigenvalue weighted by Gasteiger charge is 2.19. The van der Waals surface area contributed by atoms with Crippen LogP contribution in [0.15, 0.2) is 66.2 Å². The predicted molar refractivity (Wildman–Crippen MR) is 131 cm³/mol. The van der Waals surface area contributed by atoms with Gasteiger partial charge >= 0.3 is 0 Å². The standard InChI is InChI=1S/C23H20N4OS.C2H4O2/c28-23(26-6-3-8-27-9-7-24-15-27)17-10-18-13-25-14-20(18)19(11-17)22-12-16-4-1-2-5-21(16)29-22;1-2(3)4/h1-2,4-5,7,9-13,15H,3,6,8,14H2,(H,26,28);1H3,(H,3,4). The Kier molecular flexibility index (Phi) is 6.95. The Bertz CT molecular complexity index is 1270. The highest BCUT2D eigenvalue weighted by molar-refractivity contribution is 7.22. The largest absolute Gasteiger partial charge is 0.481 e. The number of carbonyl (C=O) groups is 2. The number of fused-ring (bicyclic) bond motifs is 2. The van der Waals surface area contributed by atoms with Gasteiger partial charge in [0.05, 0.1) is 12.9 Å². The van der Waals surface area contributed by atoms with Crippen LogP contribution in [0.5, 0.6) is 0 Å². The molecule has 2 aromatic heterocycles. The fourth-order valence-electron chi connectivity index (χ4n) is 3.67. The maximum atomic E-state index is 12.8. The predicted octanol–water partition coefficient (Wildman–Crippen LogP) is 4.61. The third kappa shape index (κ3) is 5.53. The van der Waals surface area contributed by atoms with Crippen molar-refractivity contribution in [2.24, 2.45) is 4.99 Å². The summed E-state index contributed by atoms with van der Waals surface area (Å²) in [6.07, 6.45) is 8.22. The highest BCUT2D eigenvalue weighted by atomic mass is 32.1. The number of carboxylic acids is 1. The molecule has 7 nitrogen and oxygen atoms in total. The Morgan fingerprint density at radius 2 is 2.03 bits per heavy atom. The van der Waals surface area contributed by atoms with Crippen LogP contribution in [-0.2, 0) is 17.9 Å². The number of nitrogens with zero attached hydrogens (tertiary/aromatic N) is 3. The summed E-state index contributed by atoms with van der Waals surface area (Å²) in [6, 6.07) is 14.6. The molecule has 33 heavy (non-hydrogen) atoms. The number of benzene rings is 2. The molecule has 1 amide bonds. The zero-order chi connectivity index (χ0) is 23.2. The first kappa shape index (κ1) is 22.4. The maximum Gasteiger partial charge on any atom is 0.300 e. The number of aliphatic imine (C=N–C) groups is 1. The van der Waals surface area contributed by atoms with Gasteiger partial charge in [-0.05, 0) is 52.8 Å². The van der Waals surface area contributed by atoms with Crippen LogP contribution in [0.1, 0.15) is 34.8 Å². The van der Waals surface area contributed by atoms with Crippen LogP contribution in [0.2, 0.25) is 0 Å². The number of rotatable bonds is 6. The van der Waals surface area contributed by atoms with Crippen LogP contribution in [-0.4, -0.2) is 39.3 Å². The topological polar surface area (TPSA) is 96.6 Å². The van der Waals surface area contributed by atoms with E-state index in [4.69, 9.17) is 9.90 Å². The molecule has 4 aromatic rings. The molecule has 0 saturated heterocycles. The number of amides is 1. The number of aryl methyl sites for hydroxylation is 1. The quantitative estimate of drug-likeness (QED) is 0.411. The number of carbonyl (C=O) groups excluding carboxylic acids is 1. The molecule has 0 bridgehead atoms. The summed E-state index contributed by atoms with van der Waals surface area (Å²) in [7, 11) is 0. The van der Waals surface area contributed by atoms with E-state index in [-0.39, 0.29) is 5.91 Å². The van der Waals surface area contributed by atoms with Gasteiger partial charge in [-0.2, -0.15) is 0 Å². The van der Waals surface area contributed by atoms with Gasteiger partial charge < -0.3 is 15.0 Å². The third-order valence-electron chi connectivity index (χ3n) is 5.16. The van der Waals surface area contributed by atoms with E-state index in [2.05, 4.69) is 45.6 Å². The monoisotopic (exact) mass is 460 g/mol. The fraction of sp³-hybridized carbons (Fsp3) is 0.200. The van der Waals surface area contributed by atoms with Crippen molar-refractivity contribution in [1.29, 1.82) is 0 Å². The minimum atomic E-state index is -0.833. The van der Waals surface area contributed by atoms with Gasteiger partial charge in [-0.25, -0.2) is 4.98 Å². The molecule has 1 aliphatic heterocycles. The number of aliphatic carboxylic acids is 1. The summed E-state index contributed by atoms with van der Waals surface area (Å²) in [5, 5.41) is 11.7. The van der Waals surface area contributed by atoms with Crippen LogP contribution >= 0.6 is 11.3 Å². The van der Waals surface area contributed by atoms with Crippen LogP contribution in [0.4, 0.5) is 0 Å². The first-order chi connectivity index (χ1) is 16.0. The summed E-state index contributed by atoms with van der Waals surface area (Å²) in [4.78, 5) is 31.4. The maximum absolute atomic E-state index is 12.8. The molecule has 0 spiro atoms. The van der Waals surface area contributed by atoms with Crippen molar-refractivity contribution in [3.05, 3.63) is 77.9 Å². The normalized spacial score (nSPS) is 11.7. The molecule has 0 saturated carbocycles. The molecular formula is C25H24N4O3S. The van der Waals surface area contributed by atoms with E-state index in [1.807, 2.05) is 29.1 Å². The third-order valence-corrected chi connectivity index (χ3v) is 6.30.